The van der Waals surface area contributed by atoms with Gasteiger partial charge < -0.3 is 10.3 Å². The van der Waals surface area contributed by atoms with Crippen LogP contribution in [0.2, 0.25) is 0 Å². The molecule has 16 heavy (non-hydrogen) atoms. The zero-order valence-electron chi connectivity index (χ0n) is 7.44. The first-order valence-electron chi connectivity index (χ1n) is 3.68. The highest BCUT2D eigenvalue weighted by atomic mass is 32.2. The molecule has 0 spiro atoms. The van der Waals surface area contributed by atoms with E-state index in [0.29, 0.717) is 12.1 Å². The fraction of sp³-hybridized carbons (Fsp3) is 0. The van der Waals surface area contributed by atoms with Crippen LogP contribution in [0.15, 0.2) is 17.0 Å². The summed E-state index contributed by atoms with van der Waals surface area (Å²) in [5.41, 5.74) is -1.41. The Morgan fingerprint density at radius 1 is 1.31 bits per heavy atom. The van der Waals surface area contributed by atoms with E-state index < -0.39 is 38.1 Å². The van der Waals surface area contributed by atoms with Crippen LogP contribution in [-0.4, -0.2) is 24.7 Å². The van der Waals surface area contributed by atoms with Crippen LogP contribution in [0.5, 0.6) is 0 Å². The van der Waals surface area contributed by atoms with Gasteiger partial charge in [-0.25, -0.2) is 22.0 Å². The van der Waals surface area contributed by atoms with E-state index in [4.69, 9.17) is 10.3 Å². The number of halogens is 2. The first-order valence-corrected chi connectivity index (χ1v) is 5.16. The average molecular weight is 253 g/mol. The number of benzene rings is 1. The Hall–Kier alpha value is -1.58. The fourth-order valence-corrected chi connectivity index (χ4v) is 1.67. The van der Waals surface area contributed by atoms with Gasteiger partial charge in [-0.15, -0.1) is 0 Å². The molecule has 1 rings (SSSR count). The van der Waals surface area contributed by atoms with Gasteiger partial charge in [0, 0.05) is 0 Å². The van der Waals surface area contributed by atoms with Gasteiger partial charge in [-0.3, -0.25) is 0 Å². The highest BCUT2D eigenvalue weighted by Crippen LogP contribution is 2.20. The molecular weight excluding hydrogens is 248 g/mol. The first-order chi connectivity index (χ1) is 7.31. The van der Waals surface area contributed by atoms with Gasteiger partial charge >= 0.3 is 5.97 Å². The van der Waals surface area contributed by atoms with Crippen molar-refractivity contribution in [2.24, 2.45) is 0 Å². The summed E-state index contributed by atoms with van der Waals surface area (Å²) in [7, 11) is -4.60. The minimum absolute atomic E-state index is 0.469. The summed E-state index contributed by atoms with van der Waals surface area (Å²) in [6, 6.07) is 0.965. The minimum Gasteiger partial charge on any atom is -0.477 e. The Kier molecular flexibility index (Phi) is 3.21. The van der Waals surface area contributed by atoms with Crippen molar-refractivity contribution in [3.05, 3.63) is 29.3 Å². The number of nitrogens with one attached hydrogen (secondary N) is 1. The van der Waals surface area contributed by atoms with Crippen molar-refractivity contribution in [1.82, 2.24) is 4.89 Å². The van der Waals surface area contributed by atoms with Crippen molar-refractivity contribution in [3.63, 3.8) is 0 Å². The van der Waals surface area contributed by atoms with Crippen LogP contribution in [0.3, 0.4) is 0 Å². The molecule has 0 saturated carbocycles. The standard InChI is InChI=1S/C7H5F2NO5S/c8-3-1-2-4(16(14,15)10-13)6(9)5(3)7(11)12/h1-2,10,13H,(H,11,12). The van der Waals surface area contributed by atoms with Crippen LogP contribution < -0.4 is 4.89 Å². The molecular formula is C7H5F2NO5S. The van der Waals surface area contributed by atoms with Gasteiger partial charge in [-0.1, -0.05) is 4.89 Å². The predicted octanol–water partition coefficient (Wildman–Crippen LogP) is 0.331. The second kappa shape index (κ2) is 4.12. The van der Waals surface area contributed by atoms with E-state index in [0.717, 1.165) is 4.89 Å². The molecule has 6 nitrogen and oxygen atoms in total. The lowest BCUT2D eigenvalue weighted by Gasteiger charge is -2.05. The number of sulfonamides is 1. The number of carboxylic acid groups (broad SMARTS) is 1. The van der Waals surface area contributed by atoms with E-state index in [-0.39, 0.29) is 0 Å². The molecule has 0 saturated heterocycles. The summed E-state index contributed by atoms with van der Waals surface area (Å²) >= 11 is 0. The van der Waals surface area contributed by atoms with Crippen molar-refractivity contribution in [2.75, 3.05) is 0 Å². The molecule has 0 radical (unpaired) electrons. The van der Waals surface area contributed by atoms with Gasteiger partial charge in [0.25, 0.3) is 10.0 Å². The van der Waals surface area contributed by atoms with Gasteiger partial charge in [0.2, 0.25) is 0 Å². The highest BCUT2D eigenvalue weighted by molar-refractivity contribution is 7.89. The van der Waals surface area contributed by atoms with Gasteiger partial charge in [-0.2, -0.15) is 0 Å². The Morgan fingerprint density at radius 3 is 2.31 bits per heavy atom. The van der Waals surface area contributed by atoms with Gasteiger partial charge in [0.15, 0.2) is 5.82 Å². The first kappa shape index (κ1) is 12.5. The molecule has 0 aliphatic rings. The number of hydrogen-bond acceptors (Lipinski definition) is 4. The van der Waals surface area contributed by atoms with Crippen LogP contribution in [0, 0.1) is 11.6 Å². The van der Waals surface area contributed by atoms with Crippen LogP contribution in [0.25, 0.3) is 0 Å². The van der Waals surface area contributed by atoms with Crippen LogP contribution >= 0.6 is 0 Å². The lowest BCUT2D eigenvalue weighted by molar-refractivity contribution is 0.0685. The number of carbonyl (C=O) groups is 1. The summed E-state index contributed by atoms with van der Waals surface area (Å²) in [6.45, 7) is 0. The Bertz CT molecular complexity index is 542. The van der Waals surface area contributed by atoms with E-state index in [2.05, 4.69) is 0 Å². The molecule has 9 heteroatoms. The zero-order valence-corrected chi connectivity index (χ0v) is 8.25. The van der Waals surface area contributed by atoms with E-state index in [1.165, 1.54) is 0 Å². The van der Waals surface area contributed by atoms with E-state index >= 15 is 0 Å². The van der Waals surface area contributed by atoms with Gasteiger partial charge in [0.1, 0.15) is 16.3 Å². The van der Waals surface area contributed by atoms with Crippen molar-refractivity contribution in [3.8, 4) is 0 Å². The molecule has 0 aromatic heterocycles. The second-order valence-corrected chi connectivity index (χ2v) is 4.26. The molecule has 1 aromatic carbocycles. The average Bonchev–Trinajstić information content (AvgIpc) is 2.16. The molecule has 0 aliphatic heterocycles. The molecule has 0 amide bonds. The lowest BCUT2D eigenvalue weighted by atomic mass is 10.2. The largest absolute Gasteiger partial charge is 0.477 e. The molecule has 1 aromatic rings. The van der Waals surface area contributed by atoms with Crippen molar-refractivity contribution in [1.29, 1.82) is 0 Å². The smallest absolute Gasteiger partial charge is 0.341 e. The van der Waals surface area contributed by atoms with Crippen LogP contribution in [0.4, 0.5) is 8.78 Å². The Labute approximate surface area is 88.1 Å². The molecule has 3 N–H and O–H groups in total. The third-order valence-corrected chi connectivity index (χ3v) is 2.81. The molecule has 0 fully saturated rings. The molecule has 88 valence electrons. The molecule has 0 bridgehead atoms. The van der Waals surface area contributed by atoms with Crippen LogP contribution in [-0.2, 0) is 10.0 Å². The fourth-order valence-electron chi connectivity index (χ4n) is 0.986. The SMILES string of the molecule is O=C(O)c1c(F)ccc(S(=O)(=O)NO)c1F. The normalized spacial score (nSPS) is 11.4. The van der Waals surface area contributed by atoms with E-state index in [9.17, 15) is 22.0 Å². The minimum atomic E-state index is -4.60. The van der Waals surface area contributed by atoms with Gasteiger partial charge in [0.05, 0.1) is 0 Å². The third-order valence-electron chi connectivity index (χ3n) is 1.68. The summed E-state index contributed by atoms with van der Waals surface area (Å²) in [5.74, 6) is -5.15. The highest BCUT2D eigenvalue weighted by Gasteiger charge is 2.26. The van der Waals surface area contributed by atoms with Crippen molar-refractivity contribution < 1.29 is 32.3 Å². The third kappa shape index (κ3) is 2.01. The van der Waals surface area contributed by atoms with E-state index in [1.54, 1.807) is 0 Å². The summed E-state index contributed by atoms with van der Waals surface area (Å²) in [4.78, 5) is 10.1. The Balaban J connectivity index is 3.59. The second-order valence-electron chi connectivity index (χ2n) is 2.63. The maximum Gasteiger partial charge on any atom is 0.341 e. The topological polar surface area (TPSA) is 104 Å². The number of hydrogen-bond donors (Lipinski definition) is 3. The number of aromatic carboxylic acids is 1. The maximum absolute atomic E-state index is 13.3. The zero-order chi connectivity index (χ0) is 12.5. The number of carboxylic acids is 1. The summed E-state index contributed by atoms with van der Waals surface area (Å²) in [5, 5.41) is 16.7. The molecule has 0 aliphatic carbocycles. The van der Waals surface area contributed by atoms with Gasteiger partial charge in [-0.05, 0) is 12.1 Å². The molecule has 0 heterocycles. The molecule has 0 atom stereocenters. The molecule has 0 unspecified atom stereocenters. The predicted molar refractivity (Wildman–Crippen MR) is 45.4 cm³/mol. The van der Waals surface area contributed by atoms with Crippen LogP contribution in [0.1, 0.15) is 10.4 Å². The summed E-state index contributed by atoms with van der Waals surface area (Å²) < 4.78 is 48.2. The number of rotatable bonds is 3. The lowest BCUT2D eigenvalue weighted by Crippen LogP contribution is -2.22. The van der Waals surface area contributed by atoms with Crippen molar-refractivity contribution in [2.45, 2.75) is 4.90 Å². The summed E-state index contributed by atoms with van der Waals surface area (Å²) in [6.07, 6.45) is 0. The van der Waals surface area contributed by atoms with E-state index in [1.807, 2.05) is 0 Å². The van der Waals surface area contributed by atoms with Crippen molar-refractivity contribution >= 4 is 16.0 Å². The maximum atomic E-state index is 13.3. The monoisotopic (exact) mass is 253 g/mol. The quantitative estimate of drug-likeness (QED) is 0.673. The Morgan fingerprint density at radius 2 is 1.88 bits per heavy atom.